The summed E-state index contributed by atoms with van der Waals surface area (Å²) in [7, 11) is 2.19. The Hall–Kier alpha value is -2.71. The van der Waals surface area contributed by atoms with Gasteiger partial charge in [-0.3, -0.25) is 10.0 Å². The molecule has 34 heavy (non-hydrogen) atoms. The van der Waals surface area contributed by atoms with Crippen molar-refractivity contribution in [3.05, 3.63) is 81.8 Å². The van der Waals surface area contributed by atoms with E-state index in [0.29, 0.717) is 12.1 Å². The van der Waals surface area contributed by atoms with E-state index >= 15 is 0 Å². The number of carbonyl (C=O) groups excluding carboxylic acids is 1. The Morgan fingerprint density at radius 2 is 1.65 bits per heavy atom. The van der Waals surface area contributed by atoms with E-state index in [1.54, 1.807) is 17.6 Å². The van der Waals surface area contributed by atoms with Gasteiger partial charge in [0, 0.05) is 71.1 Å². The molecule has 4 aromatic rings. The predicted molar refractivity (Wildman–Crippen MR) is 140 cm³/mol. The second kappa shape index (κ2) is 9.88. The normalized spacial score (nSPS) is 15.3. The number of nitrogens with one attached hydrogen (secondary N) is 1. The van der Waals surface area contributed by atoms with E-state index in [9.17, 15) is 4.79 Å². The second-order valence-corrected chi connectivity index (χ2v) is 10.0. The van der Waals surface area contributed by atoms with Crippen LogP contribution >= 0.6 is 15.9 Å². The number of aromatic nitrogens is 1. The number of piperazine rings is 1. The molecule has 7 heteroatoms. The molecule has 6 nitrogen and oxygen atoms in total. The fraction of sp³-hybridized carbons (Fsp3) is 0.296. The number of hydroxylamine groups is 1. The average Bonchev–Trinajstić information content (AvgIpc) is 3.15. The largest absolute Gasteiger partial charge is 0.336 e. The Kier molecular flexibility index (Phi) is 6.70. The third-order valence-electron chi connectivity index (χ3n) is 6.86. The number of fused-ring (bicyclic) bond motifs is 3. The van der Waals surface area contributed by atoms with Crippen molar-refractivity contribution in [1.29, 1.82) is 0 Å². The number of rotatable bonds is 6. The summed E-state index contributed by atoms with van der Waals surface area (Å²) in [4.78, 5) is 16.6. The number of carbonyl (C=O) groups is 1. The maximum Gasteiger partial charge on any atom is 0.274 e. The van der Waals surface area contributed by atoms with Gasteiger partial charge in [-0.1, -0.05) is 40.2 Å². The lowest BCUT2D eigenvalue weighted by Crippen LogP contribution is -2.45. The SMILES string of the molecule is CN1CCN(CCc2ccc3c4cc(Br)ccc4n(Cc4ccc(C(=O)NO)cc4)c3c2)CC1. The molecule has 1 saturated heterocycles. The van der Waals surface area contributed by atoms with Crippen LogP contribution in [0.5, 0.6) is 0 Å². The molecule has 0 aliphatic carbocycles. The molecule has 2 heterocycles. The Bertz CT molecular complexity index is 1320. The lowest BCUT2D eigenvalue weighted by atomic mass is 10.1. The first-order chi connectivity index (χ1) is 16.5. The number of halogens is 1. The minimum Gasteiger partial charge on any atom is -0.336 e. The summed E-state index contributed by atoms with van der Waals surface area (Å²) in [5, 5.41) is 11.4. The van der Waals surface area contributed by atoms with Crippen LogP contribution in [0.3, 0.4) is 0 Å². The van der Waals surface area contributed by atoms with Gasteiger partial charge in [-0.05, 0) is 61.0 Å². The molecule has 1 fully saturated rings. The lowest BCUT2D eigenvalue weighted by molar-refractivity contribution is 0.0706. The van der Waals surface area contributed by atoms with Crippen LogP contribution in [0.2, 0.25) is 0 Å². The van der Waals surface area contributed by atoms with Gasteiger partial charge >= 0.3 is 0 Å². The summed E-state index contributed by atoms with van der Waals surface area (Å²) in [5.41, 5.74) is 6.98. The highest BCUT2D eigenvalue weighted by Crippen LogP contribution is 2.32. The Morgan fingerprint density at radius 1 is 0.912 bits per heavy atom. The van der Waals surface area contributed by atoms with Crippen molar-refractivity contribution in [1.82, 2.24) is 19.8 Å². The molecule has 0 atom stereocenters. The van der Waals surface area contributed by atoms with Crippen molar-refractivity contribution in [2.75, 3.05) is 39.8 Å². The fourth-order valence-corrected chi connectivity index (χ4v) is 5.17. The van der Waals surface area contributed by atoms with E-state index in [1.807, 2.05) is 12.1 Å². The lowest BCUT2D eigenvalue weighted by Gasteiger charge is -2.32. The zero-order valence-corrected chi connectivity index (χ0v) is 20.9. The Balaban J connectivity index is 1.47. The van der Waals surface area contributed by atoms with Gasteiger partial charge < -0.3 is 14.4 Å². The minimum atomic E-state index is -0.502. The first-order valence-electron chi connectivity index (χ1n) is 11.7. The topological polar surface area (TPSA) is 60.7 Å². The number of hydrogen-bond acceptors (Lipinski definition) is 4. The highest BCUT2D eigenvalue weighted by molar-refractivity contribution is 9.10. The van der Waals surface area contributed by atoms with Crippen LogP contribution in [0.15, 0.2) is 65.1 Å². The molecule has 0 radical (unpaired) electrons. The van der Waals surface area contributed by atoms with E-state index in [2.05, 4.69) is 73.7 Å². The first-order valence-corrected chi connectivity index (χ1v) is 12.5. The molecule has 3 aromatic carbocycles. The number of hydrogen-bond donors (Lipinski definition) is 2. The standard InChI is InChI=1S/C27H29BrN4O2/c1-30-12-14-31(15-13-30)11-10-19-4-8-23-24-17-22(28)7-9-25(24)32(26(23)16-19)18-20-2-5-21(6-3-20)27(33)29-34/h2-9,16-17,34H,10-15,18H2,1H3,(H,29,33). The van der Waals surface area contributed by atoms with Crippen LogP contribution in [0.1, 0.15) is 21.5 Å². The van der Waals surface area contributed by atoms with Gasteiger partial charge in [0.15, 0.2) is 0 Å². The van der Waals surface area contributed by atoms with Crippen LogP contribution < -0.4 is 5.48 Å². The van der Waals surface area contributed by atoms with E-state index in [-0.39, 0.29) is 0 Å². The van der Waals surface area contributed by atoms with Crippen molar-refractivity contribution < 1.29 is 10.0 Å². The van der Waals surface area contributed by atoms with Gasteiger partial charge in [0.2, 0.25) is 0 Å². The van der Waals surface area contributed by atoms with Crippen LogP contribution in [0.4, 0.5) is 0 Å². The first kappa shape index (κ1) is 23.1. The van der Waals surface area contributed by atoms with E-state index in [0.717, 1.165) is 49.2 Å². The maximum absolute atomic E-state index is 11.7. The molecule has 0 spiro atoms. The third kappa shape index (κ3) is 4.74. The van der Waals surface area contributed by atoms with Gasteiger partial charge in [0.25, 0.3) is 5.91 Å². The third-order valence-corrected chi connectivity index (χ3v) is 7.36. The fourth-order valence-electron chi connectivity index (χ4n) is 4.81. The molecule has 0 bridgehead atoms. The summed E-state index contributed by atoms with van der Waals surface area (Å²) in [5.74, 6) is -0.502. The molecule has 176 valence electrons. The zero-order valence-electron chi connectivity index (χ0n) is 19.3. The molecule has 2 N–H and O–H groups in total. The van der Waals surface area contributed by atoms with Crippen LogP contribution in [-0.4, -0.2) is 65.3 Å². The zero-order chi connectivity index (χ0) is 23.7. The number of benzene rings is 3. The van der Waals surface area contributed by atoms with Crippen LogP contribution in [-0.2, 0) is 13.0 Å². The number of likely N-dealkylation sites (N-methyl/N-ethyl adjacent to an activating group) is 1. The molecule has 1 aliphatic rings. The summed E-state index contributed by atoms with van der Waals surface area (Å²) in [6.07, 6.45) is 1.04. The van der Waals surface area contributed by atoms with Crippen molar-refractivity contribution in [2.45, 2.75) is 13.0 Å². The molecule has 1 amide bonds. The molecule has 1 aromatic heterocycles. The van der Waals surface area contributed by atoms with Crippen molar-refractivity contribution >= 4 is 43.6 Å². The van der Waals surface area contributed by atoms with Crippen molar-refractivity contribution in [3.8, 4) is 0 Å². The minimum absolute atomic E-state index is 0.434. The Morgan fingerprint density at radius 3 is 2.38 bits per heavy atom. The van der Waals surface area contributed by atoms with Crippen LogP contribution in [0, 0.1) is 0 Å². The van der Waals surface area contributed by atoms with Gasteiger partial charge in [0.1, 0.15) is 0 Å². The molecule has 5 rings (SSSR count). The predicted octanol–water partition coefficient (Wildman–Crippen LogP) is 4.51. The van der Waals surface area contributed by atoms with Gasteiger partial charge in [0.05, 0.1) is 0 Å². The van der Waals surface area contributed by atoms with Crippen molar-refractivity contribution in [2.24, 2.45) is 0 Å². The number of amides is 1. The van der Waals surface area contributed by atoms with E-state index < -0.39 is 5.91 Å². The van der Waals surface area contributed by atoms with Gasteiger partial charge in [-0.15, -0.1) is 0 Å². The molecular formula is C27H29BrN4O2. The highest BCUT2D eigenvalue weighted by atomic mass is 79.9. The van der Waals surface area contributed by atoms with E-state index in [1.165, 1.54) is 27.4 Å². The summed E-state index contributed by atoms with van der Waals surface area (Å²) in [6, 6.07) is 20.7. The highest BCUT2D eigenvalue weighted by Gasteiger charge is 2.15. The summed E-state index contributed by atoms with van der Waals surface area (Å²) in [6.45, 7) is 6.33. The second-order valence-electron chi connectivity index (χ2n) is 9.13. The molecule has 0 unspecified atom stereocenters. The van der Waals surface area contributed by atoms with Crippen LogP contribution in [0.25, 0.3) is 21.8 Å². The summed E-state index contributed by atoms with van der Waals surface area (Å²) < 4.78 is 3.43. The van der Waals surface area contributed by atoms with Gasteiger partial charge in [-0.25, -0.2) is 5.48 Å². The number of nitrogens with zero attached hydrogens (tertiary/aromatic N) is 3. The maximum atomic E-state index is 11.7. The van der Waals surface area contributed by atoms with E-state index in [4.69, 9.17) is 5.21 Å². The van der Waals surface area contributed by atoms with Crippen molar-refractivity contribution in [3.63, 3.8) is 0 Å². The molecule has 1 aliphatic heterocycles. The monoisotopic (exact) mass is 520 g/mol. The quantitative estimate of drug-likeness (QED) is 0.290. The molecule has 0 saturated carbocycles. The average molecular weight is 521 g/mol. The Labute approximate surface area is 207 Å². The smallest absolute Gasteiger partial charge is 0.274 e. The molecular weight excluding hydrogens is 492 g/mol. The summed E-state index contributed by atoms with van der Waals surface area (Å²) >= 11 is 3.63. The van der Waals surface area contributed by atoms with Gasteiger partial charge in [-0.2, -0.15) is 0 Å².